The first-order chi connectivity index (χ1) is 13.8. The number of hydrogen-bond donors (Lipinski definition) is 1. The zero-order chi connectivity index (χ0) is 20.9. The van der Waals surface area contributed by atoms with Crippen molar-refractivity contribution in [2.75, 3.05) is 13.1 Å². The molecule has 29 heavy (non-hydrogen) atoms. The van der Waals surface area contributed by atoms with Crippen LogP contribution in [0.1, 0.15) is 36.8 Å². The number of rotatable bonds is 7. The van der Waals surface area contributed by atoms with Crippen LogP contribution in [0.5, 0.6) is 11.5 Å². The van der Waals surface area contributed by atoms with Crippen LogP contribution in [0, 0.1) is 5.92 Å². The molecule has 4 nitrogen and oxygen atoms in total. The fraction of sp³-hybridized carbons (Fsp3) is 0.409. The number of piperidine rings is 1. The molecule has 0 saturated carbocycles. The molecular formula is C22H25F3N2O2. The summed E-state index contributed by atoms with van der Waals surface area (Å²) in [6, 6.07) is 12.3. The molecule has 0 radical (unpaired) electrons. The maximum Gasteiger partial charge on any atom is 0.416 e. The highest BCUT2D eigenvalue weighted by Gasteiger charge is 2.30. The molecule has 1 saturated heterocycles. The van der Waals surface area contributed by atoms with Gasteiger partial charge in [-0.2, -0.15) is 13.2 Å². The topological polar surface area (TPSA) is 55.6 Å². The molecule has 1 fully saturated rings. The van der Waals surface area contributed by atoms with Crippen molar-refractivity contribution in [3.63, 3.8) is 0 Å². The Labute approximate surface area is 168 Å². The lowest BCUT2D eigenvalue weighted by molar-refractivity contribution is -0.137. The summed E-state index contributed by atoms with van der Waals surface area (Å²) in [5.74, 6) is 0.855. The minimum atomic E-state index is -4.40. The van der Waals surface area contributed by atoms with Gasteiger partial charge in [0.25, 0.3) is 0 Å². The normalized spacial score (nSPS) is 17.8. The van der Waals surface area contributed by atoms with Crippen LogP contribution in [0.15, 0.2) is 48.5 Å². The van der Waals surface area contributed by atoms with Crippen LogP contribution < -0.4 is 10.5 Å². The highest BCUT2D eigenvalue weighted by Crippen LogP contribution is 2.33. The molecule has 1 heterocycles. The predicted octanol–water partition coefficient (Wildman–Crippen LogP) is 4.98. The van der Waals surface area contributed by atoms with Gasteiger partial charge in [-0.15, -0.1) is 0 Å². The summed E-state index contributed by atoms with van der Waals surface area (Å²) in [5, 5.41) is 0. The summed E-state index contributed by atoms with van der Waals surface area (Å²) >= 11 is 0. The Balaban J connectivity index is 1.62. The molecule has 1 aliphatic heterocycles. The number of primary amides is 1. The Kier molecular flexibility index (Phi) is 6.79. The number of ether oxygens (including phenoxy) is 1. The van der Waals surface area contributed by atoms with Gasteiger partial charge in [0.2, 0.25) is 5.91 Å². The van der Waals surface area contributed by atoms with Gasteiger partial charge in [0.1, 0.15) is 11.5 Å². The lowest BCUT2D eigenvalue weighted by Crippen LogP contribution is -2.35. The number of hydrogen-bond acceptors (Lipinski definition) is 3. The van der Waals surface area contributed by atoms with Crippen LogP contribution in [0.4, 0.5) is 13.2 Å². The fourth-order valence-corrected chi connectivity index (χ4v) is 3.71. The van der Waals surface area contributed by atoms with Crippen molar-refractivity contribution in [3.05, 3.63) is 59.7 Å². The molecule has 2 aromatic rings. The second-order valence-electron chi connectivity index (χ2n) is 7.52. The molecule has 1 unspecified atom stereocenters. The molecule has 1 amide bonds. The molecule has 0 aromatic heterocycles. The van der Waals surface area contributed by atoms with E-state index < -0.39 is 11.7 Å². The van der Waals surface area contributed by atoms with E-state index in [4.69, 9.17) is 10.5 Å². The molecule has 2 aromatic carbocycles. The Morgan fingerprint density at radius 2 is 1.86 bits per heavy atom. The third-order valence-electron chi connectivity index (χ3n) is 5.10. The SMILES string of the molecule is NC(=O)CCC1CCCN(Cc2cccc(Oc3cccc(C(F)(F)F)c3)c2)C1. The average Bonchev–Trinajstić information content (AvgIpc) is 2.66. The van der Waals surface area contributed by atoms with Crippen LogP contribution in [-0.2, 0) is 17.5 Å². The first-order valence-corrected chi connectivity index (χ1v) is 9.74. The quantitative estimate of drug-likeness (QED) is 0.706. The molecule has 3 rings (SSSR count). The molecule has 2 N–H and O–H groups in total. The van der Waals surface area contributed by atoms with Gasteiger partial charge in [-0.1, -0.05) is 18.2 Å². The van der Waals surface area contributed by atoms with Crippen molar-refractivity contribution in [3.8, 4) is 11.5 Å². The van der Waals surface area contributed by atoms with E-state index >= 15 is 0 Å². The maximum absolute atomic E-state index is 12.9. The van der Waals surface area contributed by atoms with Crippen LogP contribution >= 0.6 is 0 Å². The number of nitrogens with zero attached hydrogens (tertiary/aromatic N) is 1. The number of amides is 1. The molecular weight excluding hydrogens is 381 g/mol. The number of nitrogens with two attached hydrogens (primary N) is 1. The van der Waals surface area contributed by atoms with Crippen molar-refractivity contribution in [2.45, 2.75) is 38.4 Å². The first kappa shape index (κ1) is 21.2. The summed E-state index contributed by atoms with van der Waals surface area (Å²) in [4.78, 5) is 13.3. The van der Waals surface area contributed by atoms with Gasteiger partial charge in [-0.05, 0) is 67.6 Å². The van der Waals surface area contributed by atoms with Gasteiger partial charge in [-0.25, -0.2) is 0 Å². The molecule has 1 atom stereocenters. The maximum atomic E-state index is 12.9. The largest absolute Gasteiger partial charge is 0.457 e. The van der Waals surface area contributed by atoms with E-state index in [-0.39, 0.29) is 11.7 Å². The van der Waals surface area contributed by atoms with E-state index in [0.717, 1.165) is 56.6 Å². The Hall–Kier alpha value is -2.54. The van der Waals surface area contributed by atoms with Crippen LogP contribution in [0.3, 0.4) is 0 Å². The molecule has 7 heteroatoms. The molecule has 1 aliphatic rings. The molecule has 0 bridgehead atoms. The van der Waals surface area contributed by atoms with Gasteiger partial charge in [-0.3, -0.25) is 9.69 Å². The molecule has 0 spiro atoms. The Bertz CT molecular complexity index is 839. The van der Waals surface area contributed by atoms with Gasteiger partial charge >= 0.3 is 6.18 Å². The molecule has 156 valence electrons. The number of carbonyl (C=O) groups is 1. The summed E-state index contributed by atoms with van der Waals surface area (Å²) in [6.45, 7) is 2.62. The summed E-state index contributed by atoms with van der Waals surface area (Å²) in [5.41, 5.74) is 5.55. The lowest BCUT2D eigenvalue weighted by Gasteiger charge is -2.32. The third-order valence-corrected chi connectivity index (χ3v) is 5.10. The Morgan fingerprint density at radius 1 is 1.14 bits per heavy atom. The number of halogens is 3. The fourth-order valence-electron chi connectivity index (χ4n) is 3.71. The number of likely N-dealkylation sites (tertiary alicyclic amines) is 1. The smallest absolute Gasteiger partial charge is 0.416 e. The minimum Gasteiger partial charge on any atom is -0.457 e. The minimum absolute atomic E-state index is 0.154. The van der Waals surface area contributed by atoms with Gasteiger partial charge < -0.3 is 10.5 Å². The van der Waals surface area contributed by atoms with E-state index in [1.807, 2.05) is 18.2 Å². The van der Waals surface area contributed by atoms with Crippen LogP contribution in [0.2, 0.25) is 0 Å². The van der Waals surface area contributed by atoms with Crippen molar-refractivity contribution in [1.82, 2.24) is 4.90 Å². The van der Waals surface area contributed by atoms with E-state index in [9.17, 15) is 18.0 Å². The summed E-state index contributed by atoms with van der Waals surface area (Å²) < 4.78 is 44.3. The monoisotopic (exact) mass is 406 g/mol. The molecule has 0 aliphatic carbocycles. The second-order valence-corrected chi connectivity index (χ2v) is 7.52. The number of benzene rings is 2. The summed E-state index contributed by atoms with van der Waals surface area (Å²) in [7, 11) is 0. The van der Waals surface area contributed by atoms with Gasteiger partial charge in [0, 0.05) is 19.5 Å². The second kappa shape index (κ2) is 9.31. The highest BCUT2D eigenvalue weighted by atomic mass is 19.4. The Morgan fingerprint density at radius 3 is 2.59 bits per heavy atom. The third kappa shape index (κ3) is 6.49. The summed E-state index contributed by atoms with van der Waals surface area (Å²) in [6.07, 6.45) is -1.00. The number of alkyl halides is 3. The van der Waals surface area contributed by atoms with Crippen molar-refractivity contribution in [1.29, 1.82) is 0 Å². The van der Waals surface area contributed by atoms with Crippen LogP contribution in [0.25, 0.3) is 0 Å². The van der Waals surface area contributed by atoms with Crippen molar-refractivity contribution >= 4 is 5.91 Å². The van der Waals surface area contributed by atoms with E-state index in [1.54, 1.807) is 6.07 Å². The van der Waals surface area contributed by atoms with E-state index in [2.05, 4.69) is 4.90 Å². The predicted molar refractivity (Wildman–Crippen MR) is 104 cm³/mol. The van der Waals surface area contributed by atoms with E-state index in [0.29, 0.717) is 18.1 Å². The van der Waals surface area contributed by atoms with Crippen molar-refractivity contribution in [2.24, 2.45) is 11.7 Å². The average molecular weight is 406 g/mol. The van der Waals surface area contributed by atoms with E-state index in [1.165, 1.54) is 12.1 Å². The zero-order valence-electron chi connectivity index (χ0n) is 16.1. The van der Waals surface area contributed by atoms with Crippen molar-refractivity contribution < 1.29 is 22.7 Å². The zero-order valence-corrected chi connectivity index (χ0v) is 16.1. The standard InChI is InChI=1S/C22H25F3N2O2/c23-22(24,25)18-6-2-8-20(13-18)29-19-7-1-4-17(12-19)15-27-11-3-5-16(14-27)9-10-21(26)28/h1-2,4,6-8,12-13,16H,3,5,9-11,14-15H2,(H2,26,28). The van der Waals surface area contributed by atoms with Crippen LogP contribution in [-0.4, -0.2) is 23.9 Å². The van der Waals surface area contributed by atoms with Gasteiger partial charge in [0.15, 0.2) is 0 Å². The first-order valence-electron chi connectivity index (χ1n) is 9.74. The highest BCUT2D eigenvalue weighted by molar-refractivity contribution is 5.73. The lowest BCUT2D eigenvalue weighted by atomic mass is 9.93. The number of carbonyl (C=O) groups excluding carboxylic acids is 1. The van der Waals surface area contributed by atoms with Gasteiger partial charge in [0.05, 0.1) is 5.56 Å².